The Hall–Kier alpha value is -0.590. The minimum Gasteiger partial charge on any atom is -0.230 e. The summed E-state index contributed by atoms with van der Waals surface area (Å²) in [4.78, 5) is 0. The molecule has 0 spiro atoms. The third-order valence-electron chi connectivity index (χ3n) is 2.34. The fourth-order valence-electron chi connectivity index (χ4n) is 1.46. The molecule has 2 aliphatic rings. The van der Waals surface area contributed by atoms with Crippen LogP contribution in [0.4, 0.5) is 4.39 Å². The van der Waals surface area contributed by atoms with Crippen molar-refractivity contribution in [2.75, 3.05) is 0 Å². The molecule has 1 heteroatoms. The summed E-state index contributed by atoms with van der Waals surface area (Å²) in [7, 11) is 0. The van der Waals surface area contributed by atoms with Crippen LogP contribution in [0.1, 0.15) is 19.3 Å². The highest BCUT2D eigenvalue weighted by Gasteiger charge is 2.28. The highest BCUT2D eigenvalue weighted by atomic mass is 19.1. The highest BCUT2D eigenvalue weighted by molar-refractivity contribution is 5.40. The molecule has 0 unspecified atom stereocenters. The van der Waals surface area contributed by atoms with Crippen molar-refractivity contribution < 1.29 is 4.39 Å². The minimum absolute atomic E-state index is 0.00954. The van der Waals surface area contributed by atoms with E-state index in [4.69, 9.17) is 0 Å². The summed E-state index contributed by atoms with van der Waals surface area (Å²) in [5.41, 5.74) is 0.936. The second-order valence-electron chi connectivity index (χ2n) is 2.96. The molecule has 0 heterocycles. The molecule has 0 bridgehead atoms. The van der Waals surface area contributed by atoms with Crippen LogP contribution >= 0.6 is 0 Å². The largest absolute Gasteiger partial charge is 0.230 e. The van der Waals surface area contributed by atoms with Crippen LogP contribution in [-0.4, -0.2) is 0 Å². The molecule has 53 valence electrons. The first-order chi connectivity index (χ1) is 4.88. The topological polar surface area (TPSA) is 0 Å². The Morgan fingerprint density at radius 3 is 2.60 bits per heavy atom. The van der Waals surface area contributed by atoms with E-state index in [2.05, 4.69) is 0 Å². The van der Waals surface area contributed by atoms with Gasteiger partial charge in [0.1, 0.15) is 0 Å². The summed E-state index contributed by atoms with van der Waals surface area (Å²) in [5, 5.41) is 0. The zero-order chi connectivity index (χ0) is 6.97. The molecule has 10 heavy (non-hydrogen) atoms. The SMILES string of the molecule is F[C]1C=CC=C1C1CCC1. The molecule has 0 aromatic heterocycles. The van der Waals surface area contributed by atoms with Gasteiger partial charge in [-0.3, -0.25) is 0 Å². The summed E-state index contributed by atoms with van der Waals surface area (Å²) < 4.78 is 12.8. The monoisotopic (exact) mass is 137 g/mol. The van der Waals surface area contributed by atoms with Gasteiger partial charge in [-0.2, -0.15) is 0 Å². The van der Waals surface area contributed by atoms with E-state index in [-0.39, 0.29) is 6.17 Å². The highest BCUT2D eigenvalue weighted by Crippen LogP contribution is 2.40. The first-order valence-electron chi connectivity index (χ1n) is 3.79. The second kappa shape index (κ2) is 2.22. The van der Waals surface area contributed by atoms with Gasteiger partial charge in [0.25, 0.3) is 0 Å². The third-order valence-corrected chi connectivity index (χ3v) is 2.34. The lowest BCUT2D eigenvalue weighted by Gasteiger charge is -2.27. The quantitative estimate of drug-likeness (QED) is 0.521. The van der Waals surface area contributed by atoms with E-state index < -0.39 is 0 Å². The van der Waals surface area contributed by atoms with E-state index in [0.29, 0.717) is 5.92 Å². The van der Waals surface area contributed by atoms with Crippen LogP contribution in [0.25, 0.3) is 0 Å². The lowest BCUT2D eigenvalue weighted by atomic mass is 9.79. The fraction of sp³-hybridized carbons (Fsp3) is 0.444. The molecule has 1 saturated carbocycles. The van der Waals surface area contributed by atoms with E-state index >= 15 is 0 Å². The van der Waals surface area contributed by atoms with Crippen molar-refractivity contribution in [2.24, 2.45) is 5.92 Å². The number of allylic oxidation sites excluding steroid dienone is 4. The lowest BCUT2D eigenvalue weighted by molar-refractivity contribution is 0.350. The molecular weight excluding hydrogens is 127 g/mol. The number of halogens is 1. The number of rotatable bonds is 1. The molecule has 2 rings (SSSR count). The smallest absolute Gasteiger partial charge is 0.192 e. The Kier molecular flexibility index (Phi) is 1.37. The van der Waals surface area contributed by atoms with Gasteiger partial charge >= 0.3 is 0 Å². The van der Waals surface area contributed by atoms with Gasteiger partial charge < -0.3 is 0 Å². The first-order valence-corrected chi connectivity index (χ1v) is 3.79. The molecule has 2 aliphatic carbocycles. The average molecular weight is 137 g/mol. The predicted molar refractivity (Wildman–Crippen MR) is 38.9 cm³/mol. The Morgan fingerprint density at radius 1 is 1.40 bits per heavy atom. The molecule has 0 N–H and O–H groups in total. The second-order valence-corrected chi connectivity index (χ2v) is 2.96. The van der Waals surface area contributed by atoms with Crippen LogP contribution < -0.4 is 0 Å². The summed E-state index contributed by atoms with van der Waals surface area (Å²) in [5.74, 6) is 0.537. The van der Waals surface area contributed by atoms with Crippen molar-refractivity contribution in [3.8, 4) is 0 Å². The lowest BCUT2D eigenvalue weighted by Crippen LogP contribution is -2.14. The maximum Gasteiger partial charge on any atom is 0.192 e. The summed E-state index contributed by atoms with van der Waals surface area (Å²) in [6.45, 7) is 0. The molecule has 1 radical (unpaired) electrons. The van der Waals surface area contributed by atoms with Crippen molar-refractivity contribution in [3.05, 3.63) is 30.0 Å². The van der Waals surface area contributed by atoms with E-state index in [1.54, 1.807) is 12.2 Å². The van der Waals surface area contributed by atoms with Crippen molar-refractivity contribution in [2.45, 2.75) is 19.3 Å². The zero-order valence-corrected chi connectivity index (χ0v) is 5.81. The van der Waals surface area contributed by atoms with Crippen molar-refractivity contribution in [1.82, 2.24) is 0 Å². The van der Waals surface area contributed by atoms with E-state index in [0.717, 1.165) is 5.57 Å². The van der Waals surface area contributed by atoms with Crippen LogP contribution in [0, 0.1) is 12.1 Å². The zero-order valence-electron chi connectivity index (χ0n) is 5.81. The van der Waals surface area contributed by atoms with Crippen LogP contribution in [-0.2, 0) is 0 Å². The van der Waals surface area contributed by atoms with Crippen molar-refractivity contribution >= 4 is 0 Å². The van der Waals surface area contributed by atoms with Gasteiger partial charge in [0.2, 0.25) is 0 Å². The van der Waals surface area contributed by atoms with Crippen molar-refractivity contribution in [3.63, 3.8) is 0 Å². The molecule has 0 atom stereocenters. The fourth-order valence-corrected chi connectivity index (χ4v) is 1.46. The normalized spacial score (nSPS) is 26.7. The van der Waals surface area contributed by atoms with Gasteiger partial charge in [-0.25, -0.2) is 4.39 Å². The van der Waals surface area contributed by atoms with Gasteiger partial charge in [-0.05, 0) is 30.4 Å². The third kappa shape index (κ3) is 0.808. The van der Waals surface area contributed by atoms with E-state index in [9.17, 15) is 4.39 Å². The Labute approximate surface area is 60.4 Å². The molecule has 1 fully saturated rings. The molecule has 0 saturated heterocycles. The summed E-state index contributed by atoms with van der Waals surface area (Å²) >= 11 is 0. The maximum atomic E-state index is 12.8. The molecule has 0 aromatic carbocycles. The standard InChI is InChI=1S/C9H10F/c10-9-6-2-5-8(9)7-3-1-4-7/h2,5-7H,1,3-4H2. The number of hydrogen-bond donors (Lipinski definition) is 0. The van der Waals surface area contributed by atoms with Crippen LogP contribution in [0.3, 0.4) is 0 Å². The Balaban J connectivity index is 2.05. The average Bonchev–Trinajstić information content (AvgIpc) is 2.12. The molecule has 0 amide bonds. The van der Waals surface area contributed by atoms with Crippen LogP contribution in [0.15, 0.2) is 23.8 Å². The van der Waals surface area contributed by atoms with Gasteiger partial charge in [-0.15, -0.1) is 0 Å². The van der Waals surface area contributed by atoms with Gasteiger partial charge in [0, 0.05) is 0 Å². The van der Waals surface area contributed by atoms with Gasteiger partial charge in [0.15, 0.2) is 6.17 Å². The molecule has 0 nitrogen and oxygen atoms in total. The maximum absolute atomic E-state index is 12.8. The van der Waals surface area contributed by atoms with E-state index in [1.807, 2.05) is 6.08 Å². The molecule has 0 aromatic rings. The predicted octanol–water partition coefficient (Wildman–Crippen LogP) is 2.78. The van der Waals surface area contributed by atoms with E-state index in [1.165, 1.54) is 19.3 Å². The Morgan fingerprint density at radius 2 is 2.20 bits per heavy atom. The molecule has 0 aliphatic heterocycles. The van der Waals surface area contributed by atoms with Crippen LogP contribution in [0.5, 0.6) is 0 Å². The summed E-state index contributed by atoms with van der Waals surface area (Å²) in [6, 6.07) is 0. The van der Waals surface area contributed by atoms with Crippen LogP contribution in [0.2, 0.25) is 0 Å². The van der Waals surface area contributed by atoms with Gasteiger partial charge in [-0.1, -0.05) is 18.6 Å². The first kappa shape index (κ1) is 6.14. The molecular formula is C9H10F. The minimum atomic E-state index is -0.00954. The van der Waals surface area contributed by atoms with Gasteiger partial charge in [0.05, 0.1) is 0 Å². The van der Waals surface area contributed by atoms with Crippen molar-refractivity contribution in [1.29, 1.82) is 0 Å². The Bertz CT molecular complexity index is 187. The summed E-state index contributed by atoms with van der Waals surface area (Å²) in [6.07, 6.45) is 8.87. The number of hydrogen-bond acceptors (Lipinski definition) is 0.